The maximum atomic E-state index is 13.8. The molecule has 0 saturated heterocycles. The summed E-state index contributed by atoms with van der Waals surface area (Å²) in [5, 5.41) is 8.94. The Bertz CT molecular complexity index is 824. The first-order chi connectivity index (χ1) is 11.7. The minimum atomic E-state index is -0.587. The summed E-state index contributed by atoms with van der Waals surface area (Å²) in [7, 11) is 1.59. The highest BCUT2D eigenvalue weighted by atomic mass is 32.2. The van der Waals surface area contributed by atoms with E-state index in [4.69, 9.17) is 4.74 Å². The Morgan fingerprint density at radius 2 is 1.88 bits per heavy atom. The molecule has 4 nitrogen and oxygen atoms in total. The summed E-state index contributed by atoms with van der Waals surface area (Å²) in [6.45, 7) is 0.313. The molecule has 0 unspecified atom stereocenters. The zero-order chi connectivity index (χ0) is 16.9. The Balaban J connectivity index is 1.88. The van der Waals surface area contributed by atoms with E-state index in [9.17, 15) is 8.78 Å². The molecule has 0 atom stereocenters. The van der Waals surface area contributed by atoms with E-state index in [1.54, 1.807) is 7.11 Å². The molecule has 0 bridgehead atoms. The van der Waals surface area contributed by atoms with E-state index < -0.39 is 11.6 Å². The van der Waals surface area contributed by atoms with Crippen LogP contribution < -0.4 is 0 Å². The van der Waals surface area contributed by atoms with Crippen LogP contribution in [0.5, 0.6) is 0 Å². The van der Waals surface area contributed by atoms with E-state index in [1.807, 2.05) is 34.9 Å². The molecule has 0 fully saturated rings. The predicted octanol–water partition coefficient (Wildman–Crippen LogP) is 3.98. The molecular formula is C17H15F2N3OS. The van der Waals surface area contributed by atoms with Gasteiger partial charge < -0.3 is 4.74 Å². The predicted molar refractivity (Wildman–Crippen MR) is 88.0 cm³/mol. The molecule has 2 aromatic carbocycles. The van der Waals surface area contributed by atoms with Crippen molar-refractivity contribution in [2.75, 3.05) is 7.11 Å². The molecule has 3 aromatic rings. The molecule has 0 amide bonds. The molecule has 0 N–H and O–H groups in total. The van der Waals surface area contributed by atoms with Gasteiger partial charge in [-0.05, 0) is 23.8 Å². The average molecular weight is 347 g/mol. The number of para-hydroxylation sites is 1. The number of ether oxygens (including phenoxy) is 1. The molecule has 7 heteroatoms. The quantitative estimate of drug-likeness (QED) is 0.632. The minimum Gasteiger partial charge on any atom is -0.377 e. The number of benzene rings is 2. The van der Waals surface area contributed by atoms with Gasteiger partial charge in [0.25, 0.3) is 0 Å². The van der Waals surface area contributed by atoms with Gasteiger partial charge >= 0.3 is 0 Å². The number of halogens is 2. The van der Waals surface area contributed by atoms with Gasteiger partial charge in [-0.15, -0.1) is 10.2 Å². The summed E-state index contributed by atoms with van der Waals surface area (Å²) < 4.78 is 33.8. The third-order valence-corrected chi connectivity index (χ3v) is 4.34. The van der Waals surface area contributed by atoms with Gasteiger partial charge in [0.15, 0.2) is 11.0 Å². The zero-order valence-corrected chi connectivity index (χ0v) is 13.8. The van der Waals surface area contributed by atoms with E-state index >= 15 is 0 Å². The number of hydrogen-bond acceptors (Lipinski definition) is 4. The second kappa shape index (κ2) is 7.55. The Morgan fingerprint density at radius 3 is 2.58 bits per heavy atom. The van der Waals surface area contributed by atoms with Crippen molar-refractivity contribution in [3.63, 3.8) is 0 Å². The average Bonchev–Trinajstić information content (AvgIpc) is 2.98. The van der Waals surface area contributed by atoms with Gasteiger partial charge in [-0.1, -0.05) is 36.0 Å². The van der Waals surface area contributed by atoms with E-state index in [2.05, 4.69) is 10.2 Å². The van der Waals surface area contributed by atoms with Crippen LogP contribution in [0.15, 0.2) is 53.7 Å². The molecular weight excluding hydrogens is 332 g/mol. The topological polar surface area (TPSA) is 39.9 Å². The summed E-state index contributed by atoms with van der Waals surface area (Å²) >= 11 is 1.33. The molecule has 0 aliphatic heterocycles. The normalized spacial score (nSPS) is 11.0. The monoisotopic (exact) mass is 347 g/mol. The molecule has 1 heterocycles. The van der Waals surface area contributed by atoms with E-state index in [0.717, 1.165) is 11.8 Å². The fraction of sp³-hybridized carbons (Fsp3) is 0.176. The first-order valence-electron chi connectivity index (χ1n) is 7.24. The van der Waals surface area contributed by atoms with Crippen molar-refractivity contribution in [1.82, 2.24) is 14.8 Å². The first-order valence-corrected chi connectivity index (χ1v) is 8.23. The fourth-order valence-electron chi connectivity index (χ4n) is 2.23. The van der Waals surface area contributed by atoms with Gasteiger partial charge in [0.05, 0.1) is 0 Å². The van der Waals surface area contributed by atoms with Crippen LogP contribution in [0, 0.1) is 11.6 Å². The number of aromatic nitrogens is 3. The first kappa shape index (κ1) is 16.6. The van der Waals surface area contributed by atoms with Crippen molar-refractivity contribution < 1.29 is 13.5 Å². The molecule has 0 aliphatic rings. The lowest BCUT2D eigenvalue weighted by Crippen LogP contribution is -2.04. The van der Waals surface area contributed by atoms with Crippen LogP contribution in [0.4, 0.5) is 8.78 Å². The van der Waals surface area contributed by atoms with Crippen molar-refractivity contribution in [1.29, 1.82) is 0 Å². The second-order valence-electron chi connectivity index (χ2n) is 5.03. The van der Waals surface area contributed by atoms with Crippen molar-refractivity contribution in [3.8, 4) is 5.69 Å². The second-order valence-corrected chi connectivity index (χ2v) is 5.97. The van der Waals surface area contributed by atoms with Crippen LogP contribution in [-0.4, -0.2) is 21.9 Å². The summed E-state index contributed by atoms with van der Waals surface area (Å²) in [6, 6.07) is 13.2. The van der Waals surface area contributed by atoms with E-state index in [-0.39, 0.29) is 0 Å². The van der Waals surface area contributed by atoms with Gasteiger partial charge in [-0.2, -0.15) is 0 Å². The molecule has 24 heavy (non-hydrogen) atoms. The van der Waals surface area contributed by atoms with Gasteiger partial charge in [0.1, 0.15) is 18.2 Å². The molecule has 3 rings (SSSR count). The fourth-order valence-corrected chi connectivity index (χ4v) is 3.19. The zero-order valence-electron chi connectivity index (χ0n) is 12.9. The van der Waals surface area contributed by atoms with Crippen molar-refractivity contribution in [3.05, 3.63) is 71.6 Å². The summed E-state index contributed by atoms with van der Waals surface area (Å²) in [5.41, 5.74) is 1.31. The molecule has 0 radical (unpaired) electrons. The van der Waals surface area contributed by atoms with Gasteiger partial charge in [0, 0.05) is 24.6 Å². The molecule has 0 saturated carbocycles. The van der Waals surface area contributed by atoms with Crippen LogP contribution in [-0.2, 0) is 17.1 Å². The van der Waals surface area contributed by atoms with Gasteiger partial charge in [-0.25, -0.2) is 8.78 Å². The highest BCUT2D eigenvalue weighted by molar-refractivity contribution is 7.98. The maximum Gasteiger partial charge on any atom is 0.196 e. The minimum absolute atomic E-state index is 0.313. The SMILES string of the molecule is COCc1nnc(SCc2ccc(F)cc2F)n1-c1ccccc1. The lowest BCUT2D eigenvalue weighted by atomic mass is 10.2. The maximum absolute atomic E-state index is 13.8. The molecule has 1 aromatic heterocycles. The molecule has 0 spiro atoms. The van der Waals surface area contributed by atoms with Gasteiger partial charge in [-0.3, -0.25) is 4.57 Å². The third kappa shape index (κ3) is 3.63. The standard InChI is InChI=1S/C17H15F2N3OS/c1-23-10-16-20-21-17(22(16)14-5-3-2-4-6-14)24-11-12-7-8-13(18)9-15(12)19/h2-9H,10-11H2,1H3. The van der Waals surface area contributed by atoms with Crippen LogP contribution >= 0.6 is 11.8 Å². The summed E-state index contributed by atoms with van der Waals surface area (Å²) in [4.78, 5) is 0. The third-order valence-electron chi connectivity index (χ3n) is 3.36. The Morgan fingerprint density at radius 1 is 1.08 bits per heavy atom. The largest absolute Gasteiger partial charge is 0.377 e. The lowest BCUT2D eigenvalue weighted by molar-refractivity contribution is 0.176. The summed E-state index contributed by atoms with van der Waals surface area (Å²) in [6.07, 6.45) is 0. The Hall–Kier alpha value is -2.25. The van der Waals surface area contributed by atoms with Crippen molar-refractivity contribution >= 4 is 11.8 Å². The number of thioether (sulfide) groups is 1. The van der Waals surface area contributed by atoms with Gasteiger partial charge in [0.2, 0.25) is 0 Å². The van der Waals surface area contributed by atoms with E-state index in [0.29, 0.717) is 28.9 Å². The molecule has 0 aliphatic carbocycles. The highest BCUT2D eigenvalue weighted by Crippen LogP contribution is 2.26. The Labute approximate surface area is 142 Å². The number of hydrogen-bond donors (Lipinski definition) is 0. The lowest BCUT2D eigenvalue weighted by Gasteiger charge is -2.10. The van der Waals surface area contributed by atoms with Crippen molar-refractivity contribution in [2.45, 2.75) is 17.5 Å². The highest BCUT2D eigenvalue weighted by Gasteiger charge is 2.15. The number of nitrogens with zero attached hydrogens (tertiary/aromatic N) is 3. The van der Waals surface area contributed by atoms with Crippen molar-refractivity contribution in [2.24, 2.45) is 0 Å². The van der Waals surface area contributed by atoms with Crippen LogP contribution in [0.2, 0.25) is 0 Å². The number of methoxy groups -OCH3 is 1. The van der Waals surface area contributed by atoms with E-state index in [1.165, 1.54) is 23.9 Å². The molecule has 124 valence electrons. The van der Waals surface area contributed by atoms with Crippen LogP contribution in [0.1, 0.15) is 11.4 Å². The summed E-state index contributed by atoms with van der Waals surface area (Å²) in [5.74, 6) is -0.170. The Kier molecular flexibility index (Phi) is 5.22. The smallest absolute Gasteiger partial charge is 0.196 e. The van der Waals surface area contributed by atoms with Crippen LogP contribution in [0.3, 0.4) is 0 Å². The number of rotatable bonds is 6. The van der Waals surface area contributed by atoms with Crippen LogP contribution in [0.25, 0.3) is 5.69 Å².